The maximum atomic E-state index is 13.6. The molecule has 0 bridgehead atoms. The Balaban J connectivity index is 1.59. The lowest BCUT2D eigenvalue weighted by atomic mass is 9.92. The number of carbonyl (C=O) groups is 1. The van der Waals surface area contributed by atoms with Crippen molar-refractivity contribution in [1.82, 2.24) is 0 Å². The molecule has 2 heteroatoms. The molecular formula is C30H28NO+. The first-order valence-electron chi connectivity index (χ1n) is 11.5. The highest BCUT2D eigenvalue weighted by Crippen LogP contribution is 2.25. The zero-order valence-electron chi connectivity index (χ0n) is 18.5. The standard InChI is InChI=1S/C30H27NO/c1-2-17-31-20-26(18-24-13-7-11-22-9-3-5-15-28(22)24)30(32)27(21-31)19-25-14-8-12-23-10-4-6-16-29(23)25/h3-16,18-19H,2,17,20-21H2,1H3/p+1/b26-18+,27-19?. The third-order valence-corrected chi connectivity index (χ3v) is 6.37. The van der Waals surface area contributed by atoms with Crippen LogP contribution in [0.25, 0.3) is 33.7 Å². The van der Waals surface area contributed by atoms with Crippen LogP contribution >= 0.6 is 0 Å². The Morgan fingerprint density at radius 1 is 0.688 bits per heavy atom. The van der Waals surface area contributed by atoms with Gasteiger partial charge in [-0.2, -0.15) is 0 Å². The normalized spacial score (nSPS) is 19.3. The maximum Gasteiger partial charge on any atom is 0.196 e. The van der Waals surface area contributed by atoms with Crippen LogP contribution in [0.15, 0.2) is 96.1 Å². The molecule has 0 amide bonds. The van der Waals surface area contributed by atoms with Crippen LogP contribution in [-0.2, 0) is 4.79 Å². The Bertz CT molecular complexity index is 1250. The van der Waals surface area contributed by atoms with E-state index in [0.29, 0.717) is 0 Å². The van der Waals surface area contributed by atoms with Gasteiger partial charge in [0.05, 0.1) is 17.7 Å². The Morgan fingerprint density at radius 3 is 1.66 bits per heavy atom. The summed E-state index contributed by atoms with van der Waals surface area (Å²) in [6, 6.07) is 29.4. The molecular weight excluding hydrogens is 390 g/mol. The van der Waals surface area contributed by atoms with E-state index in [2.05, 4.69) is 104 Å². The number of quaternary nitrogens is 1. The van der Waals surface area contributed by atoms with E-state index < -0.39 is 0 Å². The average molecular weight is 419 g/mol. The summed E-state index contributed by atoms with van der Waals surface area (Å²) in [5.41, 5.74) is 4.05. The fourth-order valence-electron chi connectivity index (χ4n) is 4.86. The van der Waals surface area contributed by atoms with Crippen molar-refractivity contribution in [3.63, 3.8) is 0 Å². The molecule has 1 aliphatic heterocycles. The molecule has 1 heterocycles. The molecule has 1 saturated heterocycles. The second kappa shape index (κ2) is 8.94. The number of carbonyl (C=O) groups excluding carboxylic acids is 1. The fourth-order valence-corrected chi connectivity index (χ4v) is 4.86. The Hall–Kier alpha value is -3.49. The summed E-state index contributed by atoms with van der Waals surface area (Å²) in [4.78, 5) is 15.1. The smallest absolute Gasteiger partial charge is 0.196 e. The number of hydrogen-bond donors (Lipinski definition) is 1. The van der Waals surface area contributed by atoms with Gasteiger partial charge in [0.25, 0.3) is 0 Å². The van der Waals surface area contributed by atoms with E-state index in [1.54, 1.807) is 0 Å². The van der Waals surface area contributed by atoms with E-state index >= 15 is 0 Å². The zero-order chi connectivity index (χ0) is 21.9. The van der Waals surface area contributed by atoms with Crippen LogP contribution < -0.4 is 4.90 Å². The van der Waals surface area contributed by atoms with Crippen molar-refractivity contribution in [2.24, 2.45) is 0 Å². The first kappa shape index (κ1) is 20.4. The summed E-state index contributed by atoms with van der Waals surface area (Å²) in [5, 5.41) is 4.79. The Morgan fingerprint density at radius 2 is 1.16 bits per heavy atom. The summed E-state index contributed by atoms with van der Waals surface area (Å²) in [5.74, 6) is 0.186. The largest absolute Gasteiger partial charge is 0.327 e. The Labute approximate surface area is 189 Å². The first-order chi connectivity index (χ1) is 15.7. The zero-order valence-corrected chi connectivity index (χ0v) is 18.5. The minimum Gasteiger partial charge on any atom is -0.327 e. The second-order valence-electron chi connectivity index (χ2n) is 8.66. The van der Waals surface area contributed by atoms with E-state index in [-0.39, 0.29) is 5.78 Å². The minimum absolute atomic E-state index is 0.186. The molecule has 4 aromatic carbocycles. The van der Waals surface area contributed by atoms with Crippen molar-refractivity contribution in [2.75, 3.05) is 19.6 Å². The molecule has 0 spiro atoms. The van der Waals surface area contributed by atoms with Crippen LogP contribution in [0.3, 0.4) is 0 Å². The number of hydrogen-bond acceptors (Lipinski definition) is 1. The summed E-state index contributed by atoms with van der Waals surface area (Å²) in [7, 11) is 0. The number of likely N-dealkylation sites (tertiary alicyclic amines) is 1. The van der Waals surface area contributed by atoms with Gasteiger partial charge in [0.1, 0.15) is 13.1 Å². The van der Waals surface area contributed by atoms with Gasteiger partial charge in [0.15, 0.2) is 5.78 Å². The summed E-state index contributed by atoms with van der Waals surface area (Å²) in [6.07, 6.45) is 5.35. The lowest BCUT2D eigenvalue weighted by Crippen LogP contribution is -3.13. The SMILES string of the molecule is CCC[NH+]1CC(=Cc2cccc3ccccc23)C(=O)/C(=C/c2cccc3ccccc23)C1. The third-order valence-electron chi connectivity index (χ3n) is 6.37. The van der Waals surface area contributed by atoms with Crippen LogP contribution in [-0.4, -0.2) is 25.4 Å². The number of benzene rings is 4. The number of nitrogens with one attached hydrogen (secondary N) is 1. The molecule has 5 rings (SSSR count). The topological polar surface area (TPSA) is 21.5 Å². The predicted molar refractivity (Wildman–Crippen MR) is 135 cm³/mol. The maximum absolute atomic E-state index is 13.6. The van der Waals surface area contributed by atoms with E-state index in [1.165, 1.54) is 26.4 Å². The lowest BCUT2D eigenvalue weighted by Gasteiger charge is -2.26. The quantitative estimate of drug-likeness (QED) is 0.444. The molecule has 2 nitrogen and oxygen atoms in total. The van der Waals surface area contributed by atoms with Crippen molar-refractivity contribution in [3.8, 4) is 0 Å². The van der Waals surface area contributed by atoms with Crippen LogP contribution in [0.4, 0.5) is 0 Å². The second-order valence-corrected chi connectivity index (χ2v) is 8.66. The molecule has 1 fully saturated rings. The molecule has 32 heavy (non-hydrogen) atoms. The molecule has 1 N–H and O–H groups in total. The summed E-state index contributed by atoms with van der Waals surface area (Å²) < 4.78 is 0. The molecule has 1 aliphatic rings. The van der Waals surface area contributed by atoms with Crippen molar-refractivity contribution < 1.29 is 9.69 Å². The summed E-state index contributed by atoms with van der Waals surface area (Å²) >= 11 is 0. The monoisotopic (exact) mass is 418 g/mol. The van der Waals surface area contributed by atoms with Gasteiger partial charge in [-0.1, -0.05) is 91.9 Å². The number of rotatable bonds is 4. The highest BCUT2D eigenvalue weighted by atomic mass is 16.1. The molecule has 0 radical (unpaired) electrons. The van der Waals surface area contributed by atoms with Crippen molar-refractivity contribution in [3.05, 3.63) is 107 Å². The highest BCUT2D eigenvalue weighted by molar-refractivity contribution is 6.15. The van der Waals surface area contributed by atoms with Crippen LogP contribution in [0.5, 0.6) is 0 Å². The highest BCUT2D eigenvalue weighted by Gasteiger charge is 2.29. The van der Waals surface area contributed by atoms with Crippen LogP contribution in [0, 0.1) is 0 Å². The average Bonchev–Trinajstić information content (AvgIpc) is 2.82. The molecule has 0 saturated carbocycles. The number of ketones is 1. The molecule has 1 unspecified atom stereocenters. The first-order valence-corrected chi connectivity index (χ1v) is 11.5. The Kier molecular flexibility index (Phi) is 5.70. The lowest BCUT2D eigenvalue weighted by molar-refractivity contribution is -0.891. The van der Waals surface area contributed by atoms with Gasteiger partial charge in [-0.15, -0.1) is 0 Å². The molecule has 158 valence electrons. The van der Waals surface area contributed by atoms with E-state index in [1.807, 2.05) is 0 Å². The van der Waals surface area contributed by atoms with Gasteiger partial charge in [0.2, 0.25) is 0 Å². The van der Waals surface area contributed by atoms with Crippen LogP contribution in [0.1, 0.15) is 24.5 Å². The van der Waals surface area contributed by atoms with Gasteiger partial charge in [0, 0.05) is 0 Å². The van der Waals surface area contributed by atoms with Gasteiger partial charge >= 0.3 is 0 Å². The van der Waals surface area contributed by atoms with E-state index in [9.17, 15) is 4.79 Å². The van der Waals surface area contributed by atoms with E-state index in [0.717, 1.165) is 48.3 Å². The molecule has 4 aromatic rings. The van der Waals surface area contributed by atoms with Crippen LogP contribution in [0.2, 0.25) is 0 Å². The molecule has 0 aliphatic carbocycles. The van der Waals surface area contributed by atoms with Crippen molar-refractivity contribution >= 4 is 39.5 Å². The number of fused-ring (bicyclic) bond motifs is 2. The fraction of sp³-hybridized carbons (Fsp3) is 0.167. The van der Waals surface area contributed by atoms with Gasteiger partial charge in [-0.05, 0) is 51.2 Å². The van der Waals surface area contributed by atoms with Crippen molar-refractivity contribution in [1.29, 1.82) is 0 Å². The van der Waals surface area contributed by atoms with Gasteiger partial charge in [-0.25, -0.2) is 0 Å². The van der Waals surface area contributed by atoms with Gasteiger partial charge < -0.3 is 4.90 Å². The van der Waals surface area contributed by atoms with Gasteiger partial charge in [-0.3, -0.25) is 4.79 Å². The predicted octanol–water partition coefficient (Wildman–Crippen LogP) is 5.34. The third kappa shape index (κ3) is 4.02. The van der Waals surface area contributed by atoms with E-state index in [4.69, 9.17) is 0 Å². The molecule has 0 aromatic heterocycles. The number of Topliss-reactive ketones (excluding diaryl/α,β-unsaturated/α-hetero) is 1. The van der Waals surface area contributed by atoms with Crippen molar-refractivity contribution in [2.45, 2.75) is 13.3 Å². The molecule has 1 atom stereocenters. The minimum atomic E-state index is 0.186. The number of piperidine rings is 1. The summed E-state index contributed by atoms with van der Waals surface area (Å²) in [6.45, 7) is 4.84.